The fourth-order valence-corrected chi connectivity index (χ4v) is 2.91. The molecule has 0 spiro atoms. The number of aromatic nitrogens is 2. The lowest BCUT2D eigenvalue weighted by atomic mass is 10.1. The molecule has 0 unspecified atom stereocenters. The number of likely N-dealkylation sites (N-methyl/N-ethyl adjacent to an activating group) is 1. The Bertz CT molecular complexity index is 758. The van der Waals surface area contributed by atoms with Crippen molar-refractivity contribution in [3.8, 4) is 0 Å². The average Bonchev–Trinajstić information content (AvgIpc) is 2.72. The highest BCUT2D eigenvalue weighted by molar-refractivity contribution is 5.98. The molecule has 1 aliphatic heterocycles. The van der Waals surface area contributed by atoms with E-state index < -0.39 is 0 Å². The predicted octanol–water partition coefficient (Wildman–Crippen LogP) is 1.18. The predicted molar refractivity (Wildman–Crippen MR) is 97.7 cm³/mol. The van der Waals surface area contributed by atoms with Gasteiger partial charge in [-0.15, -0.1) is 0 Å². The lowest BCUT2D eigenvalue weighted by Gasteiger charge is -2.34. The first-order chi connectivity index (χ1) is 12.7. The van der Waals surface area contributed by atoms with E-state index in [1.54, 1.807) is 24.5 Å². The Morgan fingerprint density at radius 2 is 1.96 bits per heavy atom. The standard InChI is InChI=1S/C19H23N5O2/c1-2-23-8-10-24(11-9-23)19(26)16-5-7-21-17(12-16)18(25)22-14-15-4-3-6-20-13-15/h3-7,12-13H,2,8-11,14H2,1H3,(H,22,25). The van der Waals surface area contributed by atoms with Gasteiger partial charge in [-0.3, -0.25) is 19.6 Å². The lowest BCUT2D eigenvalue weighted by Crippen LogP contribution is -2.48. The number of hydrogen-bond acceptors (Lipinski definition) is 5. The molecule has 1 N–H and O–H groups in total. The van der Waals surface area contributed by atoms with E-state index in [9.17, 15) is 9.59 Å². The summed E-state index contributed by atoms with van der Waals surface area (Å²) in [6.45, 7) is 6.66. The molecule has 3 heterocycles. The fourth-order valence-electron chi connectivity index (χ4n) is 2.91. The molecule has 136 valence electrons. The van der Waals surface area contributed by atoms with Crippen LogP contribution in [0.1, 0.15) is 33.3 Å². The van der Waals surface area contributed by atoms with Gasteiger partial charge in [0.15, 0.2) is 0 Å². The maximum absolute atomic E-state index is 12.7. The second-order valence-electron chi connectivity index (χ2n) is 6.20. The van der Waals surface area contributed by atoms with E-state index >= 15 is 0 Å². The van der Waals surface area contributed by atoms with Crippen LogP contribution in [0.3, 0.4) is 0 Å². The van der Waals surface area contributed by atoms with E-state index in [-0.39, 0.29) is 17.5 Å². The molecule has 2 aromatic rings. The molecular formula is C19H23N5O2. The summed E-state index contributed by atoms with van der Waals surface area (Å²) in [6, 6.07) is 6.92. The maximum Gasteiger partial charge on any atom is 0.270 e. The van der Waals surface area contributed by atoms with Crippen LogP contribution >= 0.6 is 0 Å². The minimum Gasteiger partial charge on any atom is -0.347 e. The Balaban J connectivity index is 1.62. The molecule has 7 heteroatoms. The number of piperazine rings is 1. The zero-order valence-corrected chi connectivity index (χ0v) is 14.9. The summed E-state index contributed by atoms with van der Waals surface area (Å²) < 4.78 is 0. The highest BCUT2D eigenvalue weighted by Gasteiger charge is 2.22. The number of nitrogens with one attached hydrogen (secondary N) is 1. The quantitative estimate of drug-likeness (QED) is 0.873. The number of nitrogens with zero attached hydrogens (tertiary/aromatic N) is 4. The molecule has 0 aromatic carbocycles. The Morgan fingerprint density at radius 3 is 2.65 bits per heavy atom. The molecule has 2 aromatic heterocycles. The third-order valence-electron chi connectivity index (χ3n) is 4.52. The number of hydrogen-bond donors (Lipinski definition) is 1. The van der Waals surface area contributed by atoms with Crippen molar-refractivity contribution in [2.45, 2.75) is 13.5 Å². The monoisotopic (exact) mass is 353 g/mol. The van der Waals surface area contributed by atoms with E-state index in [1.807, 2.05) is 17.0 Å². The van der Waals surface area contributed by atoms with Crippen molar-refractivity contribution in [1.82, 2.24) is 25.1 Å². The maximum atomic E-state index is 12.7. The van der Waals surface area contributed by atoms with Crippen molar-refractivity contribution < 1.29 is 9.59 Å². The van der Waals surface area contributed by atoms with Crippen LogP contribution in [0.4, 0.5) is 0 Å². The van der Waals surface area contributed by atoms with E-state index in [4.69, 9.17) is 0 Å². The van der Waals surface area contributed by atoms with Crippen molar-refractivity contribution in [1.29, 1.82) is 0 Å². The average molecular weight is 353 g/mol. The molecule has 0 atom stereocenters. The molecule has 1 aliphatic rings. The Morgan fingerprint density at radius 1 is 1.15 bits per heavy atom. The van der Waals surface area contributed by atoms with Crippen LogP contribution in [0.2, 0.25) is 0 Å². The second-order valence-corrected chi connectivity index (χ2v) is 6.20. The number of carbonyl (C=O) groups excluding carboxylic acids is 2. The lowest BCUT2D eigenvalue weighted by molar-refractivity contribution is 0.0643. The third-order valence-corrected chi connectivity index (χ3v) is 4.52. The zero-order valence-electron chi connectivity index (χ0n) is 14.9. The smallest absolute Gasteiger partial charge is 0.270 e. The zero-order chi connectivity index (χ0) is 18.4. The molecule has 0 saturated carbocycles. The van der Waals surface area contributed by atoms with E-state index in [1.165, 1.54) is 6.20 Å². The molecule has 7 nitrogen and oxygen atoms in total. The summed E-state index contributed by atoms with van der Waals surface area (Å²) in [7, 11) is 0. The number of carbonyl (C=O) groups is 2. The van der Waals surface area contributed by atoms with Gasteiger partial charge in [0.2, 0.25) is 0 Å². The molecule has 0 aliphatic carbocycles. The molecule has 1 saturated heterocycles. The van der Waals surface area contributed by atoms with Gasteiger partial charge in [-0.05, 0) is 30.3 Å². The van der Waals surface area contributed by atoms with Gasteiger partial charge in [-0.25, -0.2) is 0 Å². The number of rotatable bonds is 5. The Labute approximate surface area is 153 Å². The van der Waals surface area contributed by atoms with Crippen LogP contribution in [-0.4, -0.2) is 64.3 Å². The SMILES string of the molecule is CCN1CCN(C(=O)c2ccnc(C(=O)NCc3cccnc3)c2)CC1. The minimum atomic E-state index is -0.306. The van der Waals surface area contributed by atoms with E-state index in [0.29, 0.717) is 25.2 Å². The van der Waals surface area contributed by atoms with Crippen molar-refractivity contribution in [2.75, 3.05) is 32.7 Å². The van der Waals surface area contributed by atoms with Gasteiger partial charge in [0.25, 0.3) is 11.8 Å². The van der Waals surface area contributed by atoms with Gasteiger partial charge in [-0.2, -0.15) is 0 Å². The van der Waals surface area contributed by atoms with Crippen LogP contribution in [0, 0.1) is 0 Å². The van der Waals surface area contributed by atoms with Gasteiger partial charge in [0, 0.05) is 56.9 Å². The van der Waals surface area contributed by atoms with Crippen molar-refractivity contribution in [2.24, 2.45) is 0 Å². The highest BCUT2D eigenvalue weighted by Crippen LogP contribution is 2.10. The van der Waals surface area contributed by atoms with Gasteiger partial charge in [-0.1, -0.05) is 13.0 Å². The van der Waals surface area contributed by atoms with Gasteiger partial charge >= 0.3 is 0 Å². The second kappa shape index (κ2) is 8.53. The summed E-state index contributed by atoms with van der Waals surface area (Å²) in [5, 5.41) is 2.80. The molecule has 0 bridgehead atoms. The molecule has 2 amide bonds. The topological polar surface area (TPSA) is 78.4 Å². The summed E-state index contributed by atoms with van der Waals surface area (Å²) in [4.78, 5) is 37.3. The van der Waals surface area contributed by atoms with Gasteiger partial charge < -0.3 is 15.1 Å². The molecular weight excluding hydrogens is 330 g/mol. The molecule has 3 rings (SSSR count). The van der Waals surface area contributed by atoms with Crippen LogP contribution < -0.4 is 5.32 Å². The van der Waals surface area contributed by atoms with Crippen LogP contribution in [0.15, 0.2) is 42.9 Å². The first-order valence-electron chi connectivity index (χ1n) is 8.82. The van der Waals surface area contributed by atoms with Gasteiger partial charge in [0.05, 0.1) is 0 Å². The fraction of sp³-hybridized carbons (Fsp3) is 0.368. The van der Waals surface area contributed by atoms with Crippen LogP contribution in [-0.2, 0) is 6.54 Å². The van der Waals surface area contributed by atoms with Crippen molar-refractivity contribution >= 4 is 11.8 Å². The summed E-state index contributed by atoms with van der Waals surface area (Å²) >= 11 is 0. The first-order valence-corrected chi connectivity index (χ1v) is 8.82. The van der Waals surface area contributed by atoms with E-state index in [2.05, 4.69) is 27.1 Å². The Kier molecular flexibility index (Phi) is 5.91. The van der Waals surface area contributed by atoms with Crippen molar-refractivity contribution in [3.63, 3.8) is 0 Å². The normalized spacial score (nSPS) is 14.9. The van der Waals surface area contributed by atoms with Crippen LogP contribution in [0.5, 0.6) is 0 Å². The summed E-state index contributed by atoms with van der Waals surface area (Å²) in [5.41, 5.74) is 1.64. The minimum absolute atomic E-state index is 0.0514. The van der Waals surface area contributed by atoms with Gasteiger partial charge in [0.1, 0.15) is 5.69 Å². The molecule has 1 fully saturated rings. The largest absolute Gasteiger partial charge is 0.347 e. The first kappa shape index (κ1) is 18.0. The summed E-state index contributed by atoms with van der Waals surface area (Å²) in [6.07, 6.45) is 4.89. The third kappa shape index (κ3) is 4.43. The molecule has 26 heavy (non-hydrogen) atoms. The molecule has 0 radical (unpaired) electrons. The number of amides is 2. The van der Waals surface area contributed by atoms with E-state index in [0.717, 1.165) is 25.2 Å². The van der Waals surface area contributed by atoms with Crippen molar-refractivity contribution in [3.05, 3.63) is 59.7 Å². The Hall–Kier alpha value is -2.80. The highest BCUT2D eigenvalue weighted by atomic mass is 16.2. The van der Waals surface area contributed by atoms with Crippen LogP contribution in [0.25, 0.3) is 0 Å². The summed E-state index contributed by atoms with van der Waals surface area (Å²) in [5.74, 6) is -0.358. The number of pyridine rings is 2.